The largest absolute Gasteiger partial charge is 0.496 e. The predicted octanol–water partition coefficient (Wildman–Crippen LogP) is 4.75. The number of primary amides is 1. The van der Waals surface area contributed by atoms with Gasteiger partial charge in [0.05, 0.1) is 40.5 Å². The molecule has 0 saturated heterocycles. The second kappa shape index (κ2) is 10.3. The summed E-state index contributed by atoms with van der Waals surface area (Å²) < 4.78 is 29.5. The van der Waals surface area contributed by atoms with Crippen molar-refractivity contribution in [3.8, 4) is 17.0 Å². The monoisotopic (exact) mass is 513 g/mol. The molecule has 1 aliphatic carbocycles. The van der Waals surface area contributed by atoms with Crippen molar-refractivity contribution >= 4 is 27.3 Å². The van der Waals surface area contributed by atoms with E-state index in [0.29, 0.717) is 22.7 Å². The number of halogens is 1. The molecule has 0 bridgehead atoms. The van der Waals surface area contributed by atoms with E-state index in [4.69, 9.17) is 27.1 Å². The summed E-state index contributed by atoms with van der Waals surface area (Å²) in [4.78, 5) is 22.2. The molecule has 3 aromatic rings. The number of carbonyl (C=O) groups is 1. The summed E-state index contributed by atoms with van der Waals surface area (Å²) in [5, 5.41) is 0.0685. The number of rotatable bonds is 8. The van der Waals surface area contributed by atoms with Gasteiger partial charge in [-0.05, 0) is 48.6 Å². The van der Waals surface area contributed by atoms with E-state index < -0.39 is 21.7 Å². The maximum absolute atomic E-state index is 12.8. The van der Waals surface area contributed by atoms with Crippen molar-refractivity contribution in [1.82, 2.24) is 9.97 Å². The molecule has 9 heteroatoms. The van der Waals surface area contributed by atoms with Crippen LogP contribution in [0.15, 0.2) is 59.8 Å². The highest BCUT2D eigenvalue weighted by molar-refractivity contribution is 7.90. The number of hydrogen-bond donors (Lipinski definition) is 1. The molecule has 0 aliphatic heterocycles. The molecule has 0 radical (unpaired) electrons. The third-order valence-corrected chi connectivity index (χ3v) is 8.26. The SMILES string of the molecule is COc1ccccc1-c1cnc(C(C2CCCC2)C(C(N)=O)c2ccc(S(C)(=O)=O)c(Cl)c2)cn1. The van der Waals surface area contributed by atoms with Crippen molar-refractivity contribution in [2.45, 2.75) is 42.4 Å². The lowest BCUT2D eigenvalue weighted by Crippen LogP contribution is -2.31. The minimum atomic E-state index is -3.50. The maximum Gasteiger partial charge on any atom is 0.225 e. The molecule has 4 rings (SSSR count). The zero-order valence-electron chi connectivity index (χ0n) is 19.6. The maximum atomic E-state index is 12.8. The number of carbonyl (C=O) groups excluding carboxylic acids is 1. The average Bonchev–Trinajstić information content (AvgIpc) is 3.36. The molecule has 2 unspecified atom stereocenters. The van der Waals surface area contributed by atoms with Crippen molar-refractivity contribution < 1.29 is 17.9 Å². The first kappa shape index (κ1) is 25.1. The number of nitrogens with zero attached hydrogens (tertiary/aromatic N) is 2. The lowest BCUT2D eigenvalue weighted by molar-refractivity contribution is -0.120. The normalized spacial score (nSPS) is 16.1. The number of amides is 1. The summed E-state index contributed by atoms with van der Waals surface area (Å²) in [5.41, 5.74) is 8.66. The van der Waals surface area contributed by atoms with Gasteiger partial charge in [0.25, 0.3) is 0 Å². The van der Waals surface area contributed by atoms with E-state index in [9.17, 15) is 13.2 Å². The summed E-state index contributed by atoms with van der Waals surface area (Å²) in [6.45, 7) is 0. The molecule has 184 valence electrons. The molecule has 1 saturated carbocycles. The van der Waals surface area contributed by atoms with Crippen molar-refractivity contribution in [2.75, 3.05) is 13.4 Å². The molecular weight excluding hydrogens is 486 g/mol. The first-order valence-electron chi connectivity index (χ1n) is 11.4. The molecule has 2 aromatic carbocycles. The van der Waals surface area contributed by atoms with Crippen LogP contribution in [0, 0.1) is 5.92 Å². The van der Waals surface area contributed by atoms with Crippen molar-refractivity contribution in [2.24, 2.45) is 11.7 Å². The van der Waals surface area contributed by atoms with Crippen LogP contribution in [-0.2, 0) is 14.6 Å². The van der Waals surface area contributed by atoms with Gasteiger partial charge in [0.15, 0.2) is 9.84 Å². The highest BCUT2D eigenvalue weighted by atomic mass is 35.5. The predicted molar refractivity (Wildman–Crippen MR) is 135 cm³/mol. The standard InChI is InChI=1S/C26H28ClN3O4S/c1-34-22-10-6-5-9-18(22)20-14-30-21(15-29-20)24(16-7-3-4-8-16)25(26(28)31)17-11-12-23(19(27)13-17)35(2,32)33/h5-6,9-16,24-25H,3-4,7-8H2,1-2H3,(H2,28,31). The second-order valence-electron chi connectivity index (χ2n) is 8.94. The lowest BCUT2D eigenvalue weighted by atomic mass is 9.75. The lowest BCUT2D eigenvalue weighted by Gasteiger charge is -2.30. The molecule has 2 atom stereocenters. The van der Waals surface area contributed by atoms with Crippen LogP contribution < -0.4 is 10.5 Å². The zero-order chi connectivity index (χ0) is 25.2. The Labute approximate surface area is 210 Å². The molecule has 35 heavy (non-hydrogen) atoms. The number of ether oxygens (including phenoxy) is 1. The van der Waals surface area contributed by atoms with Gasteiger partial charge in [0.2, 0.25) is 5.91 Å². The minimum absolute atomic E-state index is 0.0181. The first-order chi connectivity index (χ1) is 16.7. The van der Waals surface area contributed by atoms with Gasteiger partial charge in [0.1, 0.15) is 5.75 Å². The number of benzene rings is 2. The Morgan fingerprint density at radius 3 is 2.40 bits per heavy atom. The van der Waals surface area contributed by atoms with Gasteiger partial charge in [-0.25, -0.2) is 8.42 Å². The van der Waals surface area contributed by atoms with Crippen LogP contribution in [0.1, 0.15) is 48.8 Å². The minimum Gasteiger partial charge on any atom is -0.496 e. The Morgan fingerprint density at radius 2 is 1.83 bits per heavy atom. The summed E-state index contributed by atoms with van der Waals surface area (Å²) >= 11 is 6.32. The molecule has 1 aliphatic rings. The molecular formula is C26H28ClN3O4S. The summed E-state index contributed by atoms with van der Waals surface area (Å²) in [7, 11) is -1.90. The van der Waals surface area contributed by atoms with E-state index in [1.807, 2.05) is 24.3 Å². The van der Waals surface area contributed by atoms with E-state index in [1.165, 1.54) is 12.1 Å². The molecule has 1 heterocycles. The van der Waals surface area contributed by atoms with Crippen LogP contribution in [-0.4, -0.2) is 37.7 Å². The number of methoxy groups -OCH3 is 1. The number of nitrogens with two attached hydrogens (primary N) is 1. The Kier molecular flexibility index (Phi) is 7.42. The quantitative estimate of drug-likeness (QED) is 0.465. The zero-order valence-corrected chi connectivity index (χ0v) is 21.2. The van der Waals surface area contributed by atoms with E-state index in [2.05, 4.69) is 4.98 Å². The van der Waals surface area contributed by atoms with Crippen LogP contribution in [0.2, 0.25) is 5.02 Å². The Hall–Kier alpha value is -2.97. The average molecular weight is 514 g/mol. The Balaban J connectivity index is 1.77. The van der Waals surface area contributed by atoms with Crippen LogP contribution in [0.5, 0.6) is 5.75 Å². The van der Waals surface area contributed by atoms with Gasteiger partial charge in [-0.2, -0.15) is 0 Å². The fourth-order valence-electron chi connectivity index (χ4n) is 5.07. The number of hydrogen-bond acceptors (Lipinski definition) is 6. The number of aromatic nitrogens is 2. The van der Waals surface area contributed by atoms with E-state index in [0.717, 1.165) is 37.5 Å². The molecule has 1 amide bonds. The molecule has 7 nitrogen and oxygen atoms in total. The summed E-state index contributed by atoms with van der Waals surface area (Å²) in [5.74, 6) is -0.671. The third-order valence-electron chi connectivity index (χ3n) is 6.68. The van der Waals surface area contributed by atoms with Gasteiger partial charge in [-0.1, -0.05) is 42.6 Å². The molecule has 1 aromatic heterocycles. The smallest absolute Gasteiger partial charge is 0.225 e. The first-order valence-corrected chi connectivity index (χ1v) is 13.7. The fourth-order valence-corrected chi connectivity index (χ4v) is 6.40. The number of para-hydroxylation sites is 1. The van der Waals surface area contributed by atoms with Gasteiger partial charge >= 0.3 is 0 Å². The van der Waals surface area contributed by atoms with Crippen molar-refractivity contribution in [3.05, 3.63) is 71.1 Å². The highest BCUT2D eigenvalue weighted by Gasteiger charge is 2.38. The highest BCUT2D eigenvalue weighted by Crippen LogP contribution is 2.45. The topological polar surface area (TPSA) is 112 Å². The van der Waals surface area contributed by atoms with Gasteiger partial charge < -0.3 is 10.5 Å². The van der Waals surface area contributed by atoms with Crippen molar-refractivity contribution in [3.63, 3.8) is 0 Å². The van der Waals surface area contributed by atoms with Gasteiger partial charge in [0, 0.05) is 23.9 Å². The van der Waals surface area contributed by atoms with Crippen LogP contribution in [0.25, 0.3) is 11.3 Å². The Bertz CT molecular complexity index is 1320. The molecule has 0 spiro atoms. The number of sulfone groups is 1. The fraction of sp³-hybridized carbons (Fsp3) is 0.346. The van der Waals surface area contributed by atoms with Crippen LogP contribution in [0.3, 0.4) is 0 Å². The van der Waals surface area contributed by atoms with E-state index >= 15 is 0 Å². The van der Waals surface area contributed by atoms with Crippen LogP contribution in [0.4, 0.5) is 0 Å². The van der Waals surface area contributed by atoms with Crippen LogP contribution >= 0.6 is 11.6 Å². The third kappa shape index (κ3) is 5.33. The summed E-state index contributed by atoms with van der Waals surface area (Å²) in [6, 6.07) is 12.2. The van der Waals surface area contributed by atoms with Gasteiger partial charge in [-0.3, -0.25) is 14.8 Å². The van der Waals surface area contributed by atoms with E-state index in [-0.39, 0.29) is 21.8 Å². The Morgan fingerprint density at radius 1 is 1.11 bits per heavy atom. The summed E-state index contributed by atoms with van der Waals surface area (Å²) in [6.07, 6.45) is 8.50. The second-order valence-corrected chi connectivity index (χ2v) is 11.3. The van der Waals surface area contributed by atoms with E-state index in [1.54, 1.807) is 25.6 Å². The van der Waals surface area contributed by atoms with Gasteiger partial charge in [-0.15, -0.1) is 0 Å². The molecule has 2 N–H and O–H groups in total. The molecule has 1 fully saturated rings. The van der Waals surface area contributed by atoms with Crippen molar-refractivity contribution in [1.29, 1.82) is 0 Å².